The SMILES string of the molecule is O=C(O)CN(CC1CC1)C(=O)C1C=CC(NC(=O)OCC2c3ccccc3-c3ccccc32)C1. The van der Waals surface area contributed by atoms with E-state index < -0.39 is 18.0 Å². The number of hydrogen-bond acceptors (Lipinski definition) is 4. The summed E-state index contributed by atoms with van der Waals surface area (Å²) in [6.07, 6.45) is 5.51. The maximum Gasteiger partial charge on any atom is 0.407 e. The van der Waals surface area contributed by atoms with E-state index in [1.807, 2.05) is 24.3 Å². The van der Waals surface area contributed by atoms with Crippen LogP contribution in [0.25, 0.3) is 11.1 Å². The minimum absolute atomic E-state index is 0.0152. The number of carbonyl (C=O) groups is 3. The Hall–Kier alpha value is -3.61. The highest BCUT2D eigenvalue weighted by atomic mass is 16.5. The summed E-state index contributed by atoms with van der Waals surface area (Å²) >= 11 is 0. The molecule has 5 rings (SSSR count). The second-order valence-electron chi connectivity index (χ2n) is 9.36. The third kappa shape index (κ3) is 4.69. The fourth-order valence-corrected chi connectivity index (χ4v) is 5.02. The summed E-state index contributed by atoms with van der Waals surface area (Å²) < 4.78 is 5.60. The van der Waals surface area contributed by atoms with Crippen LogP contribution in [-0.2, 0) is 14.3 Å². The van der Waals surface area contributed by atoms with Crippen molar-refractivity contribution in [3.8, 4) is 11.1 Å². The molecule has 0 bridgehead atoms. The first-order valence-electron chi connectivity index (χ1n) is 11.8. The van der Waals surface area contributed by atoms with Gasteiger partial charge in [-0.3, -0.25) is 9.59 Å². The smallest absolute Gasteiger partial charge is 0.407 e. The van der Waals surface area contributed by atoms with Gasteiger partial charge in [-0.05, 0) is 47.4 Å². The van der Waals surface area contributed by atoms with Crippen LogP contribution >= 0.6 is 0 Å². The van der Waals surface area contributed by atoms with Gasteiger partial charge in [0.25, 0.3) is 0 Å². The first kappa shape index (κ1) is 22.2. The molecule has 0 aliphatic heterocycles. The van der Waals surface area contributed by atoms with E-state index in [-0.39, 0.29) is 31.0 Å². The second-order valence-corrected chi connectivity index (χ2v) is 9.36. The number of carboxylic acids is 1. The molecule has 3 aliphatic rings. The number of ether oxygens (including phenoxy) is 1. The molecule has 2 N–H and O–H groups in total. The highest BCUT2D eigenvalue weighted by Crippen LogP contribution is 2.44. The fourth-order valence-electron chi connectivity index (χ4n) is 5.02. The maximum absolute atomic E-state index is 12.9. The van der Waals surface area contributed by atoms with E-state index in [0.717, 1.165) is 24.0 Å². The highest BCUT2D eigenvalue weighted by molar-refractivity contribution is 5.85. The number of fused-ring (bicyclic) bond motifs is 3. The highest BCUT2D eigenvalue weighted by Gasteiger charge is 2.34. The van der Waals surface area contributed by atoms with Crippen molar-refractivity contribution in [2.75, 3.05) is 19.7 Å². The van der Waals surface area contributed by atoms with Crippen LogP contribution in [0.2, 0.25) is 0 Å². The maximum atomic E-state index is 12.9. The molecule has 0 aromatic heterocycles. The third-order valence-corrected chi connectivity index (χ3v) is 6.86. The number of carboxylic acid groups (broad SMARTS) is 1. The Morgan fingerprint density at radius 1 is 0.971 bits per heavy atom. The topological polar surface area (TPSA) is 95.9 Å². The number of benzene rings is 2. The summed E-state index contributed by atoms with van der Waals surface area (Å²) in [7, 11) is 0. The molecule has 3 aliphatic carbocycles. The van der Waals surface area contributed by atoms with Crippen molar-refractivity contribution in [1.29, 1.82) is 0 Å². The van der Waals surface area contributed by atoms with E-state index in [9.17, 15) is 14.4 Å². The van der Waals surface area contributed by atoms with Crippen LogP contribution in [0.4, 0.5) is 4.79 Å². The first-order valence-corrected chi connectivity index (χ1v) is 11.8. The summed E-state index contributed by atoms with van der Waals surface area (Å²) in [6.45, 7) is 0.427. The van der Waals surface area contributed by atoms with E-state index in [0.29, 0.717) is 18.9 Å². The van der Waals surface area contributed by atoms with E-state index >= 15 is 0 Å². The number of carbonyl (C=O) groups excluding carboxylic acids is 2. The monoisotopic (exact) mass is 460 g/mol. The molecule has 2 aromatic carbocycles. The molecule has 2 unspecified atom stereocenters. The molecule has 0 heterocycles. The van der Waals surface area contributed by atoms with Crippen molar-refractivity contribution < 1.29 is 24.2 Å². The van der Waals surface area contributed by atoms with Gasteiger partial charge in [-0.25, -0.2) is 4.79 Å². The Bertz CT molecular complexity index is 1090. The van der Waals surface area contributed by atoms with Crippen LogP contribution in [0.3, 0.4) is 0 Å². The molecule has 0 saturated heterocycles. The van der Waals surface area contributed by atoms with Gasteiger partial charge in [0, 0.05) is 12.5 Å². The number of aliphatic carboxylic acids is 1. The lowest BCUT2D eigenvalue weighted by atomic mass is 9.98. The number of hydrogen-bond donors (Lipinski definition) is 2. The Labute approximate surface area is 198 Å². The number of amides is 2. The standard InChI is InChI=1S/C27H28N2O5/c30-25(31)15-29(14-17-9-10-17)26(32)18-11-12-19(13-18)28-27(33)34-16-24-22-7-3-1-5-20(22)21-6-2-4-8-23(21)24/h1-8,11-12,17-19,24H,9-10,13-16H2,(H,28,33)(H,30,31). The summed E-state index contributed by atoms with van der Waals surface area (Å²) in [5, 5.41) is 12.0. The van der Waals surface area contributed by atoms with Gasteiger partial charge in [-0.1, -0.05) is 60.7 Å². The summed E-state index contributed by atoms with van der Waals surface area (Å²) in [5.74, 6) is -1.24. The predicted octanol–water partition coefficient (Wildman–Crippen LogP) is 3.79. The van der Waals surface area contributed by atoms with Gasteiger partial charge in [0.2, 0.25) is 5.91 Å². The molecular formula is C27H28N2O5. The lowest BCUT2D eigenvalue weighted by molar-refractivity contribution is -0.145. The number of alkyl carbamates (subject to hydrolysis) is 1. The number of nitrogens with zero attached hydrogens (tertiary/aromatic N) is 1. The number of rotatable bonds is 8. The van der Waals surface area contributed by atoms with Crippen molar-refractivity contribution in [3.05, 3.63) is 71.8 Å². The molecule has 0 spiro atoms. The van der Waals surface area contributed by atoms with Gasteiger partial charge in [0.15, 0.2) is 0 Å². The van der Waals surface area contributed by atoms with Gasteiger partial charge in [0.1, 0.15) is 13.2 Å². The minimum Gasteiger partial charge on any atom is -0.480 e. The van der Waals surface area contributed by atoms with Gasteiger partial charge in [-0.2, -0.15) is 0 Å². The lowest BCUT2D eigenvalue weighted by Crippen LogP contribution is -2.41. The van der Waals surface area contributed by atoms with Crippen LogP contribution in [0, 0.1) is 11.8 Å². The molecule has 2 aromatic rings. The van der Waals surface area contributed by atoms with Crippen LogP contribution in [0.15, 0.2) is 60.7 Å². The molecule has 176 valence electrons. The van der Waals surface area contributed by atoms with Crippen molar-refractivity contribution in [2.24, 2.45) is 11.8 Å². The normalized spacial score (nSPS) is 20.5. The van der Waals surface area contributed by atoms with Gasteiger partial charge in [-0.15, -0.1) is 0 Å². The van der Waals surface area contributed by atoms with E-state index in [4.69, 9.17) is 9.84 Å². The second kappa shape index (κ2) is 9.33. The van der Waals surface area contributed by atoms with Crippen molar-refractivity contribution in [2.45, 2.75) is 31.2 Å². The van der Waals surface area contributed by atoms with Crippen molar-refractivity contribution >= 4 is 18.0 Å². The zero-order chi connectivity index (χ0) is 23.7. The Kier molecular flexibility index (Phi) is 6.09. The molecule has 7 heteroatoms. The fraction of sp³-hybridized carbons (Fsp3) is 0.370. The third-order valence-electron chi connectivity index (χ3n) is 6.86. The van der Waals surface area contributed by atoms with E-state index in [1.165, 1.54) is 16.0 Å². The lowest BCUT2D eigenvalue weighted by Gasteiger charge is -2.24. The molecular weight excluding hydrogens is 432 g/mol. The molecule has 1 saturated carbocycles. The predicted molar refractivity (Wildman–Crippen MR) is 126 cm³/mol. The zero-order valence-electron chi connectivity index (χ0n) is 18.9. The van der Waals surface area contributed by atoms with Gasteiger partial charge in [0.05, 0.1) is 12.0 Å². The summed E-state index contributed by atoms with van der Waals surface area (Å²) in [6, 6.07) is 16.0. The molecule has 2 amide bonds. The molecule has 34 heavy (non-hydrogen) atoms. The quantitative estimate of drug-likeness (QED) is 0.585. The Morgan fingerprint density at radius 3 is 2.24 bits per heavy atom. The Balaban J connectivity index is 1.15. The Morgan fingerprint density at radius 2 is 1.62 bits per heavy atom. The molecule has 7 nitrogen and oxygen atoms in total. The largest absolute Gasteiger partial charge is 0.480 e. The average Bonchev–Trinajstić information content (AvgIpc) is 3.43. The van der Waals surface area contributed by atoms with Crippen LogP contribution in [0.5, 0.6) is 0 Å². The minimum atomic E-state index is -1.01. The zero-order valence-corrected chi connectivity index (χ0v) is 18.9. The van der Waals surface area contributed by atoms with E-state index in [1.54, 1.807) is 12.2 Å². The van der Waals surface area contributed by atoms with Gasteiger partial charge < -0.3 is 20.1 Å². The molecule has 1 fully saturated rings. The van der Waals surface area contributed by atoms with Crippen LogP contribution in [0.1, 0.15) is 36.3 Å². The van der Waals surface area contributed by atoms with Crippen molar-refractivity contribution in [1.82, 2.24) is 10.2 Å². The first-order chi connectivity index (χ1) is 16.5. The van der Waals surface area contributed by atoms with Crippen LogP contribution < -0.4 is 5.32 Å². The summed E-state index contributed by atoms with van der Waals surface area (Å²) in [4.78, 5) is 38.1. The van der Waals surface area contributed by atoms with Crippen molar-refractivity contribution in [3.63, 3.8) is 0 Å². The summed E-state index contributed by atoms with van der Waals surface area (Å²) in [5.41, 5.74) is 4.64. The number of nitrogens with one attached hydrogen (secondary N) is 1. The van der Waals surface area contributed by atoms with Crippen LogP contribution in [-0.4, -0.2) is 53.7 Å². The van der Waals surface area contributed by atoms with E-state index in [2.05, 4.69) is 29.6 Å². The van der Waals surface area contributed by atoms with Gasteiger partial charge >= 0.3 is 12.1 Å². The average molecular weight is 461 g/mol. The molecule has 0 radical (unpaired) electrons. The molecule has 2 atom stereocenters.